The van der Waals surface area contributed by atoms with E-state index in [9.17, 15) is 9.18 Å². The number of thiocarbonyl (C=S) groups is 1. The van der Waals surface area contributed by atoms with E-state index >= 15 is 0 Å². The summed E-state index contributed by atoms with van der Waals surface area (Å²) in [6.07, 6.45) is 1.20. The molecule has 2 aromatic carbocycles. The Morgan fingerprint density at radius 1 is 1.19 bits per heavy atom. The third kappa shape index (κ3) is 4.29. The summed E-state index contributed by atoms with van der Waals surface area (Å²) >= 11 is 5.31. The number of hydrogen-bond donors (Lipinski definition) is 2. The highest BCUT2D eigenvalue weighted by molar-refractivity contribution is 7.80. The lowest BCUT2D eigenvalue weighted by Gasteiger charge is -2.18. The van der Waals surface area contributed by atoms with E-state index in [2.05, 4.69) is 10.6 Å². The number of hydrogen-bond acceptors (Lipinski definition) is 3. The molecule has 0 aromatic heterocycles. The normalized spacial score (nSPS) is 13.6. The first kappa shape index (κ1) is 18.1. The molecule has 0 radical (unpaired) electrons. The molecule has 0 atom stereocenters. The van der Waals surface area contributed by atoms with Crippen molar-refractivity contribution >= 4 is 40.3 Å². The van der Waals surface area contributed by atoms with Gasteiger partial charge >= 0.3 is 0 Å². The lowest BCUT2D eigenvalue weighted by atomic mass is 10.2. The Labute approximate surface area is 157 Å². The maximum absolute atomic E-state index is 14.1. The molecule has 1 amide bonds. The van der Waals surface area contributed by atoms with Crippen molar-refractivity contribution in [2.45, 2.75) is 19.8 Å². The van der Waals surface area contributed by atoms with E-state index in [0.717, 1.165) is 17.9 Å². The third-order valence-electron chi connectivity index (χ3n) is 3.99. The molecule has 0 aliphatic carbocycles. The molecule has 7 heteroatoms. The number of amides is 1. The van der Waals surface area contributed by atoms with E-state index < -0.39 is 5.82 Å². The molecule has 5 nitrogen and oxygen atoms in total. The molecular formula is C19H20FN3O2S. The smallest absolute Gasteiger partial charge is 0.227 e. The van der Waals surface area contributed by atoms with Gasteiger partial charge in [-0.25, -0.2) is 4.39 Å². The van der Waals surface area contributed by atoms with Gasteiger partial charge in [0.15, 0.2) is 5.11 Å². The van der Waals surface area contributed by atoms with Crippen LogP contribution in [0.2, 0.25) is 0 Å². The quantitative estimate of drug-likeness (QED) is 0.771. The molecular weight excluding hydrogens is 353 g/mol. The van der Waals surface area contributed by atoms with Crippen LogP contribution in [0.1, 0.15) is 19.8 Å². The number of carbonyl (C=O) groups excluding carboxylic acids is 1. The first-order chi connectivity index (χ1) is 12.6. The first-order valence-corrected chi connectivity index (χ1v) is 8.88. The summed E-state index contributed by atoms with van der Waals surface area (Å²) in [4.78, 5) is 13.3. The number of nitrogens with one attached hydrogen (secondary N) is 2. The van der Waals surface area contributed by atoms with Crippen molar-refractivity contribution in [1.82, 2.24) is 0 Å². The first-order valence-electron chi connectivity index (χ1n) is 8.47. The van der Waals surface area contributed by atoms with E-state index in [1.165, 1.54) is 11.0 Å². The monoisotopic (exact) mass is 373 g/mol. The summed E-state index contributed by atoms with van der Waals surface area (Å²) in [5, 5.41) is 6.46. The Morgan fingerprint density at radius 2 is 1.88 bits per heavy atom. The van der Waals surface area contributed by atoms with E-state index in [-0.39, 0.29) is 11.6 Å². The summed E-state index contributed by atoms with van der Waals surface area (Å²) in [5.41, 5.74) is 1.70. The molecule has 2 aromatic rings. The van der Waals surface area contributed by atoms with Crippen molar-refractivity contribution in [1.29, 1.82) is 0 Å². The van der Waals surface area contributed by atoms with Gasteiger partial charge in [-0.1, -0.05) is 0 Å². The molecule has 0 unspecified atom stereocenters. The molecule has 0 bridgehead atoms. The van der Waals surface area contributed by atoms with E-state index in [1.807, 2.05) is 31.2 Å². The van der Waals surface area contributed by atoms with Crippen molar-refractivity contribution in [2.75, 3.05) is 28.7 Å². The largest absolute Gasteiger partial charge is 0.494 e. The maximum atomic E-state index is 14.1. The van der Waals surface area contributed by atoms with Crippen LogP contribution in [-0.2, 0) is 4.79 Å². The summed E-state index contributed by atoms with van der Waals surface area (Å²) in [5.74, 6) is 0.308. The zero-order chi connectivity index (χ0) is 18.5. The molecule has 136 valence electrons. The van der Waals surface area contributed by atoms with E-state index in [1.54, 1.807) is 12.1 Å². The van der Waals surface area contributed by atoms with Crippen LogP contribution in [0, 0.1) is 5.82 Å². The molecule has 1 fully saturated rings. The number of carbonyl (C=O) groups is 1. The highest BCUT2D eigenvalue weighted by atomic mass is 32.1. The fraction of sp³-hybridized carbons (Fsp3) is 0.263. The summed E-state index contributed by atoms with van der Waals surface area (Å²) in [6, 6.07) is 11.9. The Morgan fingerprint density at radius 3 is 2.54 bits per heavy atom. The predicted octanol–water partition coefficient (Wildman–Crippen LogP) is 4.16. The van der Waals surface area contributed by atoms with Gasteiger partial charge in [-0.3, -0.25) is 4.79 Å². The van der Waals surface area contributed by atoms with Crippen molar-refractivity contribution in [3.63, 3.8) is 0 Å². The van der Waals surface area contributed by atoms with Crippen LogP contribution in [-0.4, -0.2) is 24.2 Å². The van der Waals surface area contributed by atoms with Gasteiger partial charge in [-0.2, -0.15) is 0 Å². The minimum absolute atomic E-state index is 0.0591. The van der Waals surface area contributed by atoms with Gasteiger partial charge in [0, 0.05) is 24.3 Å². The van der Waals surface area contributed by atoms with Crippen LogP contribution in [0.15, 0.2) is 42.5 Å². The summed E-state index contributed by atoms with van der Waals surface area (Å²) in [6.45, 7) is 3.07. The minimum atomic E-state index is -0.420. The van der Waals surface area contributed by atoms with E-state index in [0.29, 0.717) is 30.4 Å². The van der Waals surface area contributed by atoms with Gasteiger partial charge in [0.25, 0.3) is 0 Å². The average Bonchev–Trinajstić information content (AvgIpc) is 3.04. The molecule has 1 saturated heterocycles. The van der Waals surface area contributed by atoms with Crippen LogP contribution in [0.3, 0.4) is 0 Å². The molecule has 26 heavy (non-hydrogen) atoms. The Hall–Kier alpha value is -2.67. The van der Waals surface area contributed by atoms with Gasteiger partial charge in [0.2, 0.25) is 5.91 Å². The fourth-order valence-electron chi connectivity index (χ4n) is 2.79. The van der Waals surface area contributed by atoms with E-state index in [4.69, 9.17) is 17.0 Å². The zero-order valence-corrected chi connectivity index (χ0v) is 15.2. The number of ether oxygens (including phenoxy) is 1. The minimum Gasteiger partial charge on any atom is -0.494 e. The predicted molar refractivity (Wildman–Crippen MR) is 105 cm³/mol. The zero-order valence-electron chi connectivity index (χ0n) is 14.4. The number of halogens is 1. The SMILES string of the molecule is CCOc1ccc(NC(=S)Nc2ccc(F)c(N3CCCC3=O)c2)cc1. The number of anilines is 3. The van der Waals surface area contributed by atoms with Crippen molar-refractivity contribution in [3.05, 3.63) is 48.3 Å². The van der Waals surface area contributed by atoms with Crippen LogP contribution < -0.4 is 20.3 Å². The highest BCUT2D eigenvalue weighted by Gasteiger charge is 2.24. The van der Waals surface area contributed by atoms with Crippen molar-refractivity contribution in [3.8, 4) is 5.75 Å². The van der Waals surface area contributed by atoms with Crippen molar-refractivity contribution < 1.29 is 13.9 Å². The van der Waals surface area contributed by atoms with Gasteiger partial charge in [0.1, 0.15) is 11.6 Å². The van der Waals surface area contributed by atoms with Crippen LogP contribution in [0.25, 0.3) is 0 Å². The highest BCUT2D eigenvalue weighted by Crippen LogP contribution is 2.27. The Balaban J connectivity index is 1.66. The second-order valence-electron chi connectivity index (χ2n) is 5.85. The number of rotatable bonds is 5. The van der Waals surface area contributed by atoms with Gasteiger partial charge in [0.05, 0.1) is 12.3 Å². The molecule has 3 rings (SSSR count). The average molecular weight is 373 g/mol. The summed E-state index contributed by atoms with van der Waals surface area (Å²) in [7, 11) is 0. The van der Waals surface area contributed by atoms with Gasteiger partial charge in [-0.05, 0) is 68.0 Å². The van der Waals surface area contributed by atoms with Gasteiger partial charge in [-0.15, -0.1) is 0 Å². The second-order valence-corrected chi connectivity index (χ2v) is 6.26. The molecule has 2 N–H and O–H groups in total. The van der Waals surface area contributed by atoms with Crippen LogP contribution in [0.5, 0.6) is 5.75 Å². The van der Waals surface area contributed by atoms with Crippen LogP contribution >= 0.6 is 12.2 Å². The second kappa shape index (κ2) is 8.14. The standard InChI is InChI=1S/C19H20FN3O2S/c1-2-25-15-8-5-13(6-9-15)21-19(26)22-14-7-10-16(20)17(12-14)23-11-3-4-18(23)24/h5-10,12H,2-4,11H2,1H3,(H2,21,22,26). The Bertz CT molecular complexity index is 811. The number of nitrogens with zero attached hydrogens (tertiary/aromatic N) is 1. The number of benzene rings is 2. The molecule has 1 aliphatic heterocycles. The molecule has 1 aliphatic rings. The maximum Gasteiger partial charge on any atom is 0.227 e. The third-order valence-corrected chi connectivity index (χ3v) is 4.20. The van der Waals surface area contributed by atoms with Gasteiger partial charge < -0.3 is 20.3 Å². The summed E-state index contributed by atoms with van der Waals surface area (Å²) < 4.78 is 19.5. The van der Waals surface area contributed by atoms with Crippen molar-refractivity contribution in [2.24, 2.45) is 0 Å². The van der Waals surface area contributed by atoms with Crippen LogP contribution in [0.4, 0.5) is 21.5 Å². The fourth-order valence-corrected chi connectivity index (χ4v) is 3.03. The molecule has 0 spiro atoms. The topological polar surface area (TPSA) is 53.6 Å². The molecule has 0 saturated carbocycles. The molecule has 1 heterocycles. The lowest BCUT2D eigenvalue weighted by molar-refractivity contribution is -0.117. The lowest BCUT2D eigenvalue weighted by Crippen LogP contribution is -2.25. The Kier molecular flexibility index (Phi) is 5.68.